The highest BCUT2D eigenvalue weighted by molar-refractivity contribution is 6.01. The molecule has 0 radical (unpaired) electrons. The summed E-state index contributed by atoms with van der Waals surface area (Å²) in [4.78, 5) is 12.7. The van der Waals surface area contributed by atoms with Gasteiger partial charge in [-0.3, -0.25) is 4.79 Å². The molecule has 1 spiro atoms. The topological polar surface area (TPSA) is 59.3 Å². The van der Waals surface area contributed by atoms with Gasteiger partial charge >= 0.3 is 0 Å². The first-order chi connectivity index (χ1) is 11.7. The number of rotatable bonds is 1. The van der Waals surface area contributed by atoms with Crippen LogP contribution in [0.5, 0.6) is 5.75 Å². The molecule has 4 rings (SSSR count). The largest absolute Gasteiger partial charge is 0.486 e. The highest BCUT2D eigenvalue weighted by Crippen LogP contribution is 2.40. The van der Waals surface area contributed by atoms with Gasteiger partial charge in [0.15, 0.2) is 5.78 Å². The number of ketones is 1. The van der Waals surface area contributed by atoms with Crippen molar-refractivity contribution in [3.05, 3.63) is 53.6 Å². The van der Waals surface area contributed by atoms with Gasteiger partial charge in [-0.25, -0.2) is 0 Å². The lowest BCUT2D eigenvalue weighted by Crippen LogP contribution is -2.46. The Bertz CT molecular complexity index is 844. The second-order valence-corrected chi connectivity index (χ2v) is 6.40. The van der Waals surface area contributed by atoms with Gasteiger partial charge in [0.05, 0.1) is 36.8 Å². The fourth-order valence-electron chi connectivity index (χ4n) is 3.46. The van der Waals surface area contributed by atoms with E-state index in [4.69, 9.17) is 14.7 Å². The molecule has 4 heteroatoms. The molecule has 0 N–H and O–H groups in total. The lowest BCUT2D eigenvalue weighted by molar-refractivity contribution is -0.0504. The molecular weight excluding hydrogens is 302 g/mol. The molecule has 2 aromatic rings. The summed E-state index contributed by atoms with van der Waals surface area (Å²) >= 11 is 0. The summed E-state index contributed by atoms with van der Waals surface area (Å²) in [6.07, 6.45) is 1.92. The minimum Gasteiger partial charge on any atom is -0.486 e. The summed E-state index contributed by atoms with van der Waals surface area (Å²) in [5, 5.41) is 9.05. The van der Waals surface area contributed by atoms with Gasteiger partial charge in [-0.2, -0.15) is 5.26 Å². The van der Waals surface area contributed by atoms with E-state index < -0.39 is 5.60 Å². The van der Waals surface area contributed by atoms with Crippen LogP contribution in [0.3, 0.4) is 0 Å². The molecule has 0 saturated carbocycles. The van der Waals surface area contributed by atoms with Crippen LogP contribution in [0.2, 0.25) is 0 Å². The standard InChI is InChI=1S/C20H17NO3/c21-13-14-2-1-3-15(10-14)16-4-5-19-17(11-16)18(22)12-20(24-19)6-8-23-9-7-20/h1-5,10-11H,6-9,12H2. The number of nitrogens with zero attached hydrogens (tertiary/aromatic N) is 1. The minimum absolute atomic E-state index is 0.122. The molecule has 0 amide bonds. The van der Waals surface area contributed by atoms with Crippen LogP contribution < -0.4 is 4.74 Å². The van der Waals surface area contributed by atoms with Crippen molar-refractivity contribution in [1.82, 2.24) is 0 Å². The Hall–Kier alpha value is -2.64. The zero-order valence-electron chi connectivity index (χ0n) is 13.2. The number of carbonyl (C=O) groups excluding carboxylic acids is 1. The SMILES string of the molecule is N#Cc1cccc(-c2ccc3c(c2)C(=O)CC2(CCOCC2)O3)c1. The van der Waals surface area contributed by atoms with Gasteiger partial charge in [-0.15, -0.1) is 0 Å². The summed E-state index contributed by atoms with van der Waals surface area (Å²) < 4.78 is 11.6. The lowest BCUT2D eigenvalue weighted by Gasteiger charge is -2.40. The van der Waals surface area contributed by atoms with Crippen LogP contribution in [0, 0.1) is 11.3 Å². The zero-order valence-corrected chi connectivity index (χ0v) is 13.2. The summed E-state index contributed by atoms with van der Waals surface area (Å²) in [7, 11) is 0. The Labute approximate surface area is 140 Å². The highest BCUT2D eigenvalue weighted by Gasteiger charge is 2.41. The summed E-state index contributed by atoms with van der Waals surface area (Å²) in [5.41, 5.74) is 2.69. The van der Waals surface area contributed by atoms with Gasteiger partial charge in [0.25, 0.3) is 0 Å². The normalized spacial score (nSPS) is 18.5. The van der Waals surface area contributed by atoms with Gasteiger partial charge in [0.1, 0.15) is 11.4 Å². The molecule has 4 nitrogen and oxygen atoms in total. The third-order valence-corrected chi connectivity index (χ3v) is 4.82. The first-order valence-electron chi connectivity index (χ1n) is 8.14. The molecule has 0 atom stereocenters. The van der Waals surface area contributed by atoms with Crippen molar-refractivity contribution in [1.29, 1.82) is 5.26 Å². The number of carbonyl (C=O) groups is 1. The van der Waals surface area contributed by atoms with E-state index in [1.54, 1.807) is 6.07 Å². The maximum absolute atomic E-state index is 12.7. The van der Waals surface area contributed by atoms with Crippen molar-refractivity contribution in [3.8, 4) is 22.9 Å². The number of fused-ring (bicyclic) bond motifs is 1. The van der Waals surface area contributed by atoms with Crippen LogP contribution >= 0.6 is 0 Å². The highest BCUT2D eigenvalue weighted by atomic mass is 16.5. The Kier molecular flexibility index (Phi) is 3.59. The van der Waals surface area contributed by atoms with Crippen molar-refractivity contribution in [3.63, 3.8) is 0 Å². The maximum Gasteiger partial charge on any atom is 0.170 e. The number of benzene rings is 2. The van der Waals surface area contributed by atoms with Gasteiger partial charge in [-0.05, 0) is 35.4 Å². The van der Waals surface area contributed by atoms with E-state index in [1.807, 2.05) is 36.4 Å². The van der Waals surface area contributed by atoms with Crippen LogP contribution in [-0.2, 0) is 4.74 Å². The number of Topliss-reactive ketones (excluding diaryl/α,β-unsaturated/α-hetero) is 1. The molecule has 0 aromatic heterocycles. The molecule has 2 aliphatic rings. The Balaban J connectivity index is 1.70. The summed E-state index contributed by atoms with van der Waals surface area (Å²) in [5.74, 6) is 0.782. The lowest BCUT2D eigenvalue weighted by atomic mass is 9.83. The predicted molar refractivity (Wildman–Crippen MR) is 89.0 cm³/mol. The van der Waals surface area contributed by atoms with E-state index in [9.17, 15) is 4.79 Å². The van der Waals surface area contributed by atoms with E-state index >= 15 is 0 Å². The van der Waals surface area contributed by atoms with Crippen LogP contribution in [0.4, 0.5) is 0 Å². The van der Waals surface area contributed by atoms with Crippen LogP contribution in [0.15, 0.2) is 42.5 Å². The molecule has 2 aromatic carbocycles. The fraction of sp³-hybridized carbons (Fsp3) is 0.300. The Morgan fingerprint density at radius 3 is 2.62 bits per heavy atom. The molecule has 120 valence electrons. The number of nitriles is 1. The van der Waals surface area contributed by atoms with E-state index in [0.717, 1.165) is 24.0 Å². The smallest absolute Gasteiger partial charge is 0.170 e. The molecule has 0 aliphatic carbocycles. The van der Waals surface area contributed by atoms with Crippen molar-refractivity contribution in [2.75, 3.05) is 13.2 Å². The molecule has 0 unspecified atom stereocenters. The van der Waals surface area contributed by atoms with Crippen LogP contribution in [-0.4, -0.2) is 24.6 Å². The minimum atomic E-state index is -0.398. The number of ether oxygens (including phenoxy) is 2. The average molecular weight is 319 g/mol. The second kappa shape index (κ2) is 5.77. The Morgan fingerprint density at radius 1 is 1.04 bits per heavy atom. The van der Waals surface area contributed by atoms with Crippen molar-refractivity contribution in [2.24, 2.45) is 0 Å². The third-order valence-electron chi connectivity index (χ3n) is 4.82. The summed E-state index contributed by atoms with van der Waals surface area (Å²) in [6, 6.07) is 15.2. The van der Waals surface area contributed by atoms with E-state index in [0.29, 0.717) is 36.5 Å². The second-order valence-electron chi connectivity index (χ2n) is 6.40. The van der Waals surface area contributed by atoms with Crippen molar-refractivity contribution >= 4 is 5.78 Å². The molecule has 24 heavy (non-hydrogen) atoms. The first-order valence-corrected chi connectivity index (χ1v) is 8.14. The molecule has 1 fully saturated rings. The average Bonchev–Trinajstić information content (AvgIpc) is 2.62. The van der Waals surface area contributed by atoms with Crippen LogP contribution in [0.25, 0.3) is 11.1 Å². The molecule has 0 bridgehead atoms. The van der Waals surface area contributed by atoms with Crippen molar-refractivity contribution in [2.45, 2.75) is 24.9 Å². The molecule has 2 aliphatic heterocycles. The number of hydrogen-bond donors (Lipinski definition) is 0. The zero-order chi connectivity index (χ0) is 16.6. The van der Waals surface area contributed by atoms with Gasteiger partial charge in [0.2, 0.25) is 0 Å². The number of hydrogen-bond acceptors (Lipinski definition) is 4. The third kappa shape index (κ3) is 2.57. The molecule has 1 saturated heterocycles. The predicted octanol–water partition coefficient (Wildman–Crippen LogP) is 3.74. The van der Waals surface area contributed by atoms with E-state index in [-0.39, 0.29) is 5.78 Å². The van der Waals surface area contributed by atoms with E-state index in [1.165, 1.54) is 0 Å². The van der Waals surface area contributed by atoms with Gasteiger partial charge in [-0.1, -0.05) is 18.2 Å². The molecular formula is C20H17NO3. The summed E-state index contributed by atoms with van der Waals surface area (Å²) in [6.45, 7) is 1.28. The quantitative estimate of drug-likeness (QED) is 0.803. The van der Waals surface area contributed by atoms with Crippen LogP contribution in [0.1, 0.15) is 35.2 Å². The van der Waals surface area contributed by atoms with Gasteiger partial charge < -0.3 is 9.47 Å². The first kappa shape index (κ1) is 14.9. The van der Waals surface area contributed by atoms with E-state index in [2.05, 4.69) is 6.07 Å². The monoisotopic (exact) mass is 319 g/mol. The van der Waals surface area contributed by atoms with Gasteiger partial charge in [0, 0.05) is 12.8 Å². The fourth-order valence-corrected chi connectivity index (χ4v) is 3.46. The maximum atomic E-state index is 12.7. The van der Waals surface area contributed by atoms with Crippen molar-refractivity contribution < 1.29 is 14.3 Å². The molecule has 2 heterocycles. The Morgan fingerprint density at radius 2 is 1.83 bits per heavy atom.